The number of nitrogens with zero attached hydrogens (tertiary/aromatic N) is 3. The van der Waals surface area contributed by atoms with Crippen LogP contribution in [0.5, 0.6) is 0 Å². The molecule has 0 bridgehead atoms. The number of carbonyl (C=O) groups excluding carboxylic acids is 3. The maximum absolute atomic E-state index is 13.7. The molecule has 0 unspecified atom stereocenters. The van der Waals surface area contributed by atoms with E-state index in [-0.39, 0.29) is 25.7 Å². The SMILES string of the molecule is O=C(CCC1=N/C(=C\c2ccc(-c3cccs3)n2B(F)F)C=C1)ON1C(=O)CCC1=O. The van der Waals surface area contributed by atoms with E-state index in [4.69, 9.17) is 4.84 Å². The van der Waals surface area contributed by atoms with Gasteiger partial charge in [0.15, 0.2) is 0 Å². The van der Waals surface area contributed by atoms with Gasteiger partial charge in [0.25, 0.3) is 11.8 Å². The molecule has 1 saturated heterocycles. The molecule has 0 saturated carbocycles. The van der Waals surface area contributed by atoms with Crippen molar-refractivity contribution in [3.05, 3.63) is 53.2 Å². The van der Waals surface area contributed by atoms with E-state index in [1.807, 2.05) is 5.38 Å². The molecular weight excluding hydrogens is 427 g/mol. The molecule has 31 heavy (non-hydrogen) atoms. The fourth-order valence-corrected chi connectivity index (χ4v) is 4.00. The zero-order valence-electron chi connectivity index (χ0n) is 16.2. The van der Waals surface area contributed by atoms with E-state index in [1.54, 1.807) is 42.5 Å². The number of hydrogen-bond acceptors (Lipinski definition) is 6. The molecule has 0 N–H and O–H groups in total. The van der Waals surface area contributed by atoms with Gasteiger partial charge in [0, 0.05) is 35.5 Å². The van der Waals surface area contributed by atoms with E-state index < -0.39 is 25.2 Å². The average Bonchev–Trinajstić information content (AvgIpc) is 3.51. The lowest BCUT2D eigenvalue weighted by molar-refractivity contribution is -0.197. The molecule has 2 aromatic rings. The number of imide groups is 1. The molecular formula is C20H16BF2N3O4S. The number of halogens is 2. The van der Waals surface area contributed by atoms with Gasteiger partial charge in [0.05, 0.1) is 17.8 Å². The minimum atomic E-state index is -2.71. The molecule has 1 fully saturated rings. The van der Waals surface area contributed by atoms with Crippen molar-refractivity contribution >= 4 is 48.3 Å². The highest BCUT2D eigenvalue weighted by atomic mass is 32.1. The Kier molecular flexibility index (Phi) is 5.94. The second kappa shape index (κ2) is 8.80. The van der Waals surface area contributed by atoms with Gasteiger partial charge in [-0.25, -0.2) is 4.79 Å². The summed E-state index contributed by atoms with van der Waals surface area (Å²) in [5.41, 5.74) is 1.78. The molecule has 0 radical (unpaired) electrons. The highest BCUT2D eigenvalue weighted by Gasteiger charge is 2.32. The van der Waals surface area contributed by atoms with Crippen LogP contribution in [0.1, 0.15) is 31.4 Å². The monoisotopic (exact) mass is 443 g/mol. The molecule has 2 aromatic heterocycles. The minimum Gasteiger partial charge on any atom is -0.330 e. The van der Waals surface area contributed by atoms with Gasteiger partial charge in [0.2, 0.25) is 0 Å². The van der Waals surface area contributed by atoms with Crippen molar-refractivity contribution < 1.29 is 27.9 Å². The Morgan fingerprint density at radius 1 is 1.19 bits per heavy atom. The van der Waals surface area contributed by atoms with Gasteiger partial charge >= 0.3 is 13.4 Å². The molecule has 4 rings (SSSR count). The Bertz CT molecular complexity index is 1110. The first-order valence-electron chi connectivity index (χ1n) is 9.49. The maximum atomic E-state index is 13.7. The van der Waals surface area contributed by atoms with Crippen LogP contribution in [0, 0.1) is 0 Å². The Labute approximate surface area is 180 Å². The molecule has 158 valence electrons. The number of allylic oxidation sites excluding steroid dienone is 2. The quantitative estimate of drug-likeness (QED) is 0.483. The minimum absolute atomic E-state index is 0.0320. The highest BCUT2D eigenvalue weighted by molar-refractivity contribution is 7.13. The molecule has 0 atom stereocenters. The van der Waals surface area contributed by atoms with Crippen LogP contribution in [0.2, 0.25) is 0 Å². The second-order valence-corrected chi connectivity index (χ2v) is 7.77. The molecule has 4 heterocycles. The van der Waals surface area contributed by atoms with Gasteiger partial charge in [0.1, 0.15) is 0 Å². The van der Waals surface area contributed by atoms with Crippen LogP contribution in [0.15, 0.2) is 52.5 Å². The predicted octanol–water partition coefficient (Wildman–Crippen LogP) is 3.73. The van der Waals surface area contributed by atoms with Crippen LogP contribution in [-0.4, -0.2) is 40.4 Å². The first kappa shape index (κ1) is 20.9. The lowest BCUT2D eigenvalue weighted by Crippen LogP contribution is -2.32. The summed E-state index contributed by atoms with van der Waals surface area (Å²) in [7, 11) is -2.71. The Morgan fingerprint density at radius 3 is 2.65 bits per heavy atom. The van der Waals surface area contributed by atoms with Crippen molar-refractivity contribution in [2.45, 2.75) is 25.7 Å². The van der Waals surface area contributed by atoms with Crippen molar-refractivity contribution in [1.82, 2.24) is 9.54 Å². The maximum Gasteiger partial charge on any atom is 0.678 e. The van der Waals surface area contributed by atoms with Crippen LogP contribution in [0.25, 0.3) is 16.6 Å². The Hall–Kier alpha value is -3.34. The van der Waals surface area contributed by atoms with Crippen molar-refractivity contribution in [3.63, 3.8) is 0 Å². The van der Waals surface area contributed by atoms with Crippen molar-refractivity contribution in [2.75, 3.05) is 0 Å². The van der Waals surface area contributed by atoms with E-state index in [0.29, 0.717) is 27.9 Å². The van der Waals surface area contributed by atoms with Crippen LogP contribution in [0.3, 0.4) is 0 Å². The number of aliphatic imine (C=N–C) groups is 1. The molecule has 2 aliphatic heterocycles. The molecule has 0 aromatic carbocycles. The molecule has 11 heteroatoms. The molecule has 0 aliphatic carbocycles. The van der Waals surface area contributed by atoms with Crippen LogP contribution >= 0.6 is 11.3 Å². The van der Waals surface area contributed by atoms with Gasteiger partial charge in [-0.2, -0.15) is 0 Å². The number of rotatable bonds is 7. The van der Waals surface area contributed by atoms with E-state index >= 15 is 0 Å². The molecule has 2 aliphatic rings. The van der Waals surface area contributed by atoms with E-state index in [9.17, 15) is 23.0 Å². The third-order valence-corrected chi connectivity index (χ3v) is 5.61. The standard InChI is InChI=1S/C20H16BF2N3O4S/c22-21(23)25-15(6-7-16(25)17-2-1-11-31-17)12-14-4-3-13(24-14)5-10-20(29)30-26-18(27)8-9-19(26)28/h1-4,6-7,11-12H,5,8-10H2/b14-12-. The summed E-state index contributed by atoms with van der Waals surface area (Å²) in [4.78, 5) is 44.8. The topological polar surface area (TPSA) is 81.0 Å². The number of hydrogen-bond donors (Lipinski definition) is 0. The normalized spacial score (nSPS) is 17.0. The smallest absolute Gasteiger partial charge is 0.330 e. The number of amides is 2. The third kappa shape index (κ3) is 4.56. The van der Waals surface area contributed by atoms with Crippen molar-refractivity contribution in [1.29, 1.82) is 0 Å². The number of carbonyl (C=O) groups is 3. The number of hydroxylamine groups is 2. The van der Waals surface area contributed by atoms with Crippen LogP contribution < -0.4 is 0 Å². The second-order valence-electron chi connectivity index (χ2n) is 6.82. The fraction of sp³-hybridized carbons (Fsp3) is 0.200. The molecule has 2 amide bonds. The molecule has 7 nitrogen and oxygen atoms in total. The summed E-state index contributed by atoms with van der Waals surface area (Å²) in [5, 5.41) is 2.33. The third-order valence-electron chi connectivity index (χ3n) is 4.72. The lowest BCUT2D eigenvalue weighted by atomic mass is 10.2. The lowest BCUT2D eigenvalue weighted by Gasteiger charge is -2.12. The summed E-state index contributed by atoms with van der Waals surface area (Å²) < 4.78 is 28.3. The van der Waals surface area contributed by atoms with Gasteiger partial charge in [-0.15, -0.1) is 16.4 Å². The highest BCUT2D eigenvalue weighted by Crippen LogP contribution is 2.29. The summed E-state index contributed by atoms with van der Waals surface area (Å²) in [6.07, 6.45) is 5.10. The van der Waals surface area contributed by atoms with Gasteiger partial charge < -0.3 is 9.32 Å². The summed E-state index contributed by atoms with van der Waals surface area (Å²) in [5.74, 6) is -1.79. The van der Waals surface area contributed by atoms with Gasteiger partial charge in [-0.05, 0) is 41.8 Å². The van der Waals surface area contributed by atoms with Crippen molar-refractivity contribution in [2.24, 2.45) is 4.99 Å². The predicted molar refractivity (Wildman–Crippen MR) is 112 cm³/mol. The first-order chi connectivity index (χ1) is 14.9. The Balaban J connectivity index is 1.42. The van der Waals surface area contributed by atoms with Crippen LogP contribution in [-0.2, 0) is 19.2 Å². The number of aromatic nitrogens is 1. The Morgan fingerprint density at radius 2 is 1.97 bits per heavy atom. The number of thiophene rings is 1. The zero-order chi connectivity index (χ0) is 22.0. The van der Waals surface area contributed by atoms with Crippen molar-refractivity contribution in [3.8, 4) is 10.6 Å². The largest absolute Gasteiger partial charge is 0.678 e. The van der Waals surface area contributed by atoms with Gasteiger partial charge in [-0.1, -0.05) is 6.07 Å². The average molecular weight is 443 g/mol. The fourth-order valence-electron chi connectivity index (χ4n) is 3.25. The van der Waals surface area contributed by atoms with E-state index in [1.165, 1.54) is 11.3 Å². The summed E-state index contributed by atoms with van der Waals surface area (Å²) >= 11 is 1.38. The van der Waals surface area contributed by atoms with E-state index in [2.05, 4.69) is 4.99 Å². The van der Waals surface area contributed by atoms with Gasteiger partial charge in [-0.3, -0.25) is 23.2 Å². The summed E-state index contributed by atoms with van der Waals surface area (Å²) in [6.45, 7) is 0. The van der Waals surface area contributed by atoms with E-state index in [0.717, 1.165) is 9.36 Å². The first-order valence-corrected chi connectivity index (χ1v) is 10.4. The van der Waals surface area contributed by atoms with Crippen LogP contribution in [0.4, 0.5) is 8.63 Å². The molecule has 0 spiro atoms. The zero-order valence-corrected chi connectivity index (χ0v) is 17.0. The summed E-state index contributed by atoms with van der Waals surface area (Å²) in [6, 6.07) is 6.84.